The van der Waals surface area contributed by atoms with E-state index in [4.69, 9.17) is 14.7 Å². The molecule has 0 fully saturated rings. The predicted molar refractivity (Wildman–Crippen MR) is 134 cm³/mol. The van der Waals surface area contributed by atoms with Crippen LogP contribution in [-0.2, 0) is 16.2 Å². The highest BCUT2D eigenvalue weighted by molar-refractivity contribution is 7.33. The molecular weight excluding hydrogens is 435 g/mol. The molecule has 1 aromatic rings. The van der Waals surface area contributed by atoms with Gasteiger partial charge >= 0.3 is 0 Å². The van der Waals surface area contributed by atoms with Crippen LogP contribution in [0.4, 0.5) is 0 Å². The van der Waals surface area contributed by atoms with E-state index < -0.39 is 20.1 Å². The molecule has 0 amide bonds. The SMILES string of the molecule is CCCCC(CC)(CO)C(O)c1c(C(C)(C)C)cc(C(C)(C)C)cc1C(C)(C)C.[O-]P([O-])[O-]. The van der Waals surface area contributed by atoms with Gasteiger partial charge < -0.3 is 33.5 Å². The molecule has 1 aromatic carbocycles. The molecule has 0 aliphatic rings. The smallest absolute Gasteiger partial charge is 0.0873 e. The van der Waals surface area contributed by atoms with Crippen LogP contribution in [0.1, 0.15) is 130 Å². The van der Waals surface area contributed by atoms with Crippen molar-refractivity contribution in [1.82, 2.24) is 0 Å². The number of aliphatic hydroxyl groups excluding tert-OH is 2. The molecule has 2 N–H and O–H groups in total. The lowest BCUT2D eigenvalue weighted by Crippen LogP contribution is -2.36. The van der Waals surface area contributed by atoms with E-state index in [1.165, 1.54) is 16.7 Å². The van der Waals surface area contributed by atoms with Crippen LogP contribution in [0.2, 0.25) is 0 Å². The zero-order valence-electron chi connectivity index (χ0n) is 22.8. The predicted octanol–water partition coefficient (Wildman–Crippen LogP) is 4.49. The Bertz CT molecular complexity index is 682. The zero-order valence-corrected chi connectivity index (χ0v) is 23.7. The third-order valence-corrected chi connectivity index (χ3v) is 6.56. The van der Waals surface area contributed by atoms with Crippen molar-refractivity contribution in [1.29, 1.82) is 0 Å². The summed E-state index contributed by atoms with van der Waals surface area (Å²) in [7, 11) is -3.37. The average Bonchev–Trinajstić information content (AvgIpc) is 2.65. The van der Waals surface area contributed by atoms with Gasteiger partial charge in [-0.1, -0.05) is 101 Å². The minimum Gasteiger partial charge on any atom is -0.854 e. The largest absolute Gasteiger partial charge is 0.854 e. The van der Waals surface area contributed by atoms with Gasteiger partial charge in [0.1, 0.15) is 0 Å². The van der Waals surface area contributed by atoms with Gasteiger partial charge in [0.05, 0.1) is 12.7 Å². The molecule has 194 valence electrons. The van der Waals surface area contributed by atoms with Crippen molar-refractivity contribution in [2.24, 2.45) is 5.41 Å². The van der Waals surface area contributed by atoms with E-state index in [9.17, 15) is 10.2 Å². The Kier molecular flexibility index (Phi) is 12.2. The number of rotatable bonds is 7. The summed E-state index contributed by atoms with van der Waals surface area (Å²) >= 11 is 0. The molecule has 0 saturated carbocycles. The lowest BCUT2D eigenvalue weighted by atomic mass is 9.65. The van der Waals surface area contributed by atoms with Gasteiger partial charge in [0.15, 0.2) is 0 Å². The molecular formula is C27H48O5P-3. The third kappa shape index (κ3) is 9.20. The number of unbranched alkanes of at least 4 members (excludes halogenated alkanes) is 1. The van der Waals surface area contributed by atoms with Crippen molar-refractivity contribution >= 4 is 8.60 Å². The second-order valence-corrected chi connectivity index (χ2v) is 12.8. The molecule has 0 radical (unpaired) electrons. The minimum absolute atomic E-state index is 0.0128. The number of hydrogen-bond donors (Lipinski definition) is 2. The summed E-state index contributed by atoms with van der Waals surface area (Å²) in [5, 5.41) is 22.3. The number of benzene rings is 1. The topological polar surface area (TPSA) is 110 Å². The third-order valence-electron chi connectivity index (χ3n) is 6.56. The first-order valence-electron chi connectivity index (χ1n) is 12.1. The monoisotopic (exact) mass is 483 g/mol. The van der Waals surface area contributed by atoms with Gasteiger partial charge in [-0.25, -0.2) is 0 Å². The Morgan fingerprint density at radius 2 is 1.21 bits per heavy atom. The second kappa shape index (κ2) is 12.4. The van der Waals surface area contributed by atoms with Gasteiger partial charge in [-0.15, -0.1) is 0 Å². The van der Waals surface area contributed by atoms with E-state index in [0.717, 1.165) is 31.2 Å². The Morgan fingerprint density at radius 1 is 0.818 bits per heavy atom. The Hall–Kier alpha value is -0.550. The molecule has 0 spiro atoms. The van der Waals surface area contributed by atoms with Crippen LogP contribution in [0.5, 0.6) is 0 Å². The molecule has 2 unspecified atom stereocenters. The fraction of sp³-hybridized carbons (Fsp3) is 0.778. The maximum Gasteiger partial charge on any atom is 0.0873 e. The van der Waals surface area contributed by atoms with Crippen molar-refractivity contribution in [3.63, 3.8) is 0 Å². The highest BCUT2D eigenvalue weighted by Gasteiger charge is 2.41. The summed E-state index contributed by atoms with van der Waals surface area (Å²) in [6, 6.07) is 4.62. The molecule has 0 aliphatic heterocycles. The first kappa shape index (κ1) is 32.5. The lowest BCUT2D eigenvalue weighted by Gasteiger charge is -2.42. The summed E-state index contributed by atoms with van der Waals surface area (Å²) in [4.78, 5) is 25.4. The van der Waals surface area contributed by atoms with E-state index in [2.05, 4.69) is 88.3 Å². The number of aliphatic hydroxyl groups is 2. The quantitative estimate of drug-likeness (QED) is 0.556. The molecule has 6 heteroatoms. The van der Waals surface area contributed by atoms with E-state index in [1.807, 2.05) is 0 Å². The molecule has 33 heavy (non-hydrogen) atoms. The summed E-state index contributed by atoms with van der Waals surface area (Å²) in [5.41, 5.74) is 4.11. The van der Waals surface area contributed by atoms with Crippen LogP contribution in [0.25, 0.3) is 0 Å². The van der Waals surface area contributed by atoms with Crippen molar-refractivity contribution in [2.75, 3.05) is 6.61 Å². The molecule has 0 aromatic heterocycles. The van der Waals surface area contributed by atoms with Crippen molar-refractivity contribution in [3.8, 4) is 0 Å². The maximum absolute atomic E-state index is 11.9. The van der Waals surface area contributed by atoms with Crippen molar-refractivity contribution in [2.45, 2.75) is 124 Å². The Balaban J connectivity index is 0.00000235. The van der Waals surface area contributed by atoms with Crippen LogP contribution in [0.15, 0.2) is 12.1 Å². The average molecular weight is 484 g/mol. The maximum atomic E-state index is 11.9. The van der Waals surface area contributed by atoms with Crippen LogP contribution in [0.3, 0.4) is 0 Å². The summed E-state index contributed by atoms with van der Waals surface area (Å²) < 4.78 is 0. The van der Waals surface area contributed by atoms with Gasteiger partial charge in [0.2, 0.25) is 0 Å². The van der Waals surface area contributed by atoms with E-state index in [0.29, 0.717) is 0 Å². The summed E-state index contributed by atoms with van der Waals surface area (Å²) in [6.07, 6.45) is 3.00. The van der Waals surface area contributed by atoms with Crippen LogP contribution >= 0.6 is 8.60 Å². The fourth-order valence-electron chi connectivity index (χ4n) is 4.24. The van der Waals surface area contributed by atoms with Gasteiger partial charge in [-0.3, -0.25) is 0 Å². The van der Waals surface area contributed by atoms with Gasteiger partial charge in [-0.2, -0.15) is 0 Å². The molecule has 5 nitrogen and oxygen atoms in total. The molecule has 2 atom stereocenters. The fourth-order valence-corrected chi connectivity index (χ4v) is 4.24. The first-order valence-corrected chi connectivity index (χ1v) is 13.2. The standard InChI is InChI=1S/C27H48O2.O3P/c1-12-14-15-27(13-2,18-28)23(29)22-20(25(6,7)8)16-19(24(3,4)5)17-21(22)26(9,10)11;1-4(2)3/h16-17,23,28-29H,12-15,18H2,1-11H3;/q;-3. The molecule has 0 aliphatic carbocycles. The highest BCUT2D eigenvalue weighted by Crippen LogP contribution is 2.48. The second-order valence-electron chi connectivity index (χ2n) is 12.3. The first-order chi connectivity index (χ1) is 14.8. The van der Waals surface area contributed by atoms with Crippen LogP contribution in [-0.4, -0.2) is 16.8 Å². The molecule has 0 heterocycles. The molecule has 0 bridgehead atoms. The number of hydrogen-bond acceptors (Lipinski definition) is 5. The summed E-state index contributed by atoms with van der Waals surface area (Å²) in [5.74, 6) is 0. The zero-order chi connectivity index (χ0) is 26.4. The van der Waals surface area contributed by atoms with Crippen LogP contribution < -0.4 is 14.7 Å². The highest BCUT2D eigenvalue weighted by atomic mass is 31.2. The van der Waals surface area contributed by atoms with E-state index >= 15 is 0 Å². The molecule has 1 rings (SSSR count). The van der Waals surface area contributed by atoms with Crippen molar-refractivity contribution < 1.29 is 24.9 Å². The van der Waals surface area contributed by atoms with Gasteiger partial charge in [-0.05, 0) is 51.3 Å². The van der Waals surface area contributed by atoms with Crippen LogP contribution in [0, 0.1) is 5.41 Å². The lowest BCUT2D eigenvalue weighted by molar-refractivity contribution is -0.407. The van der Waals surface area contributed by atoms with E-state index in [-0.39, 0.29) is 22.9 Å². The summed E-state index contributed by atoms with van der Waals surface area (Å²) in [6.45, 7) is 24.4. The Labute approximate surface area is 204 Å². The van der Waals surface area contributed by atoms with Gasteiger partial charge in [0.25, 0.3) is 0 Å². The Morgan fingerprint density at radius 3 is 1.45 bits per heavy atom. The van der Waals surface area contributed by atoms with E-state index in [1.54, 1.807) is 0 Å². The normalized spacial score (nSPS) is 15.7. The minimum atomic E-state index is -3.37. The molecule has 0 saturated heterocycles. The van der Waals surface area contributed by atoms with Crippen molar-refractivity contribution in [3.05, 3.63) is 34.4 Å². The van der Waals surface area contributed by atoms with Gasteiger partial charge in [0, 0.05) is 5.41 Å².